The first-order chi connectivity index (χ1) is 29.7. The summed E-state index contributed by atoms with van der Waals surface area (Å²) >= 11 is 0. The fourth-order valence-corrected chi connectivity index (χ4v) is 10.0. The third-order valence-corrected chi connectivity index (χ3v) is 13.7. The summed E-state index contributed by atoms with van der Waals surface area (Å²) < 4.78 is 11.4. The first-order valence-corrected chi connectivity index (χ1v) is 21.8. The highest BCUT2D eigenvalue weighted by atomic mass is 16.5. The minimum Gasteiger partial charge on any atom is -0.465 e. The van der Waals surface area contributed by atoms with Gasteiger partial charge in [-0.05, 0) is 83.4 Å². The number of carbonyl (C=O) groups excluding carboxylic acids is 2. The van der Waals surface area contributed by atoms with E-state index in [9.17, 15) is 29.4 Å². The van der Waals surface area contributed by atoms with E-state index in [0.29, 0.717) is 51.2 Å². The number of nitrogens with one attached hydrogen (secondary N) is 4. The number of imidazole rings is 2. The number of likely N-dealkylation sites (tertiary alicyclic amines) is 2. The lowest BCUT2D eigenvalue weighted by Crippen LogP contribution is -2.51. The molecule has 4 aliphatic rings. The summed E-state index contributed by atoms with van der Waals surface area (Å²) in [5.41, 5.74) is 5.37. The molecule has 2 aromatic carbocycles. The van der Waals surface area contributed by atoms with Crippen molar-refractivity contribution >= 4 is 24.0 Å². The molecule has 62 heavy (non-hydrogen) atoms. The van der Waals surface area contributed by atoms with E-state index < -0.39 is 24.3 Å². The molecule has 4 saturated heterocycles. The number of rotatable bonds is 11. The SMILES string of the molecule is CC(C)[C@H](NC(=O)O)C(=O)N1CC2(CCOCC2)C[C@H]1c1ncc(-c2ccc(-c3ccc(-c4cnc([C@@H]5CC6(CCOCC6)CN5C(=O)[C@@H](NC(=O)O)C(C)C)[nH]4)cc3)cc2)[nH]1. The van der Waals surface area contributed by atoms with Gasteiger partial charge >= 0.3 is 12.2 Å². The number of aromatic amines is 2. The number of aromatic nitrogens is 4. The maximum atomic E-state index is 14.0. The molecule has 4 fully saturated rings. The van der Waals surface area contributed by atoms with Gasteiger partial charge < -0.3 is 50.1 Å². The van der Waals surface area contributed by atoms with Crippen LogP contribution < -0.4 is 10.6 Å². The van der Waals surface area contributed by atoms with Crippen molar-refractivity contribution in [3.63, 3.8) is 0 Å². The van der Waals surface area contributed by atoms with Gasteiger partial charge in [0.1, 0.15) is 23.7 Å². The molecule has 0 unspecified atom stereocenters. The van der Waals surface area contributed by atoms with Gasteiger partial charge in [-0.2, -0.15) is 0 Å². The number of hydrogen-bond donors (Lipinski definition) is 6. The molecule has 0 bridgehead atoms. The third-order valence-electron chi connectivity index (χ3n) is 13.7. The number of benzene rings is 2. The quantitative estimate of drug-likeness (QED) is 0.0922. The third kappa shape index (κ3) is 8.80. The Labute approximate surface area is 361 Å². The van der Waals surface area contributed by atoms with Crippen LogP contribution >= 0.6 is 0 Å². The zero-order chi connectivity index (χ0) is 43.8. The molecule has 6 heterocycles. The minimum absolute atomic E-state index is 0.112. The zero-order valence-electron chi connectivity index (χ0n) is 35.9. The van der Waals surface area contributed by atoms with Gasteiger partial charge in [-0.1, -0.05) is 76.2 Å². The molecule has 16 heteroatoms. The molecular formula is C46H58N8O8. The zero-order valence-corrected chi connectivity index (χ0v) is 35.9. The second kappa shape index (κ2) is 17.6. The lowest BCUT2D eigenvalue weighted by atomic mass is 9.78. The van der Waals surface area contributed by atoms with Crippen molar-refractivity contribution in [3.8, 4) is 33.6 Å². The fourth-order valence-electron chi connectivity index (χ4n) is 10.0. The predicted octanol–water partition coefficient (Wildman–Crippen LogP) is 6.86. The Bertz CT molecular complexity index is 2080. The van der Waals surface area contributed by atoms with Crippen molar-refractivity contribution in [1.82, 2.24) is 40.4 Å². The summed E-state index contributed by atoms with van der Waals surface area (Å²) in [5, 5.41) is 23.9. The van der Waals surface area contributed by atoms with Gasteiger partial charge in [-0.3, -0.25) is 9.59 Å². The van der Waals surface area contributed by atoms with Crippen LogP contribution in [0.25, 0.3) is 33.6 Å². The molecule has 16 nitrogen and oxygen atoms in total. The summed E-state index contributed by atoms with van der Waals surface area (Å²) in [4.78, 5) is 71.5. The molecule has 4 amide bonds. The Hall–Kier alpha value is -5.74. The number of amides is 4. The summed E-state index contributed by atoms with van der Waals surface area (Å²) in [6, 6.07) is 14.0. The van der Waals surface area contributed by atoms with E-state index in [1.807, 2.05) is 61.8 Å². The molecule has 0 aliphatic carbocycles. The van der Waals surface area contributed by atoms with Crippen LogP contribution in [0.5, 0.6) is 0 Å². The molecule has 4 aromatic rings. The number of hydrogen-bond acceptors (Lipinski definition) is 8. The van der Waals surface area contributed by atoms with Crippen molar-refractivity contribution in [1.29, 1.82) is 0 Å². The highest BCUT2D eigenvalue weighted by Crippen LogP contribution is 2.50. The standard InChI is InChI=1S/C46H58N8O8/c1-27(2)37(51-43(57)58)41(55)53-25-45(13-17-61-18-14-45)21-35(53)39-47-23-33(49-39)31-9-5-29(6-10-31)30-7-11-32(12-8-30)34-24-48-40(50-34)36-22-46(15-19-62-20-16-46)26-54(36)42(56)38(28(3)4)52-44(59)60/h5-12,23-24,27-28,35-38,51-52H,13-22,25-26H2,1-4H3,(H,47,49)(H,48,50)(H,57,58)(H,59,60)/t35-,36-,37-,38-/m0/s1. The average molecular weight is 851 g/mol. The fraction of sp³-hybridized carbons (Fsp3) is 0.522. The maximum absolute atomic E-state index is 14.0. The smallest absolute Gasteiger partial charge is 0.405 e. The van der Waals surface area contributed by atoms with Gasteiger partial charge in [0, 0.05) is 39.5 Å². The Morgan fingerprint density at radius 2 is 0.952 bits per heavy atom. The second-order valence-electron chi connectivity index (χ2n) is 18.5. The van der Waals surface area contributed by atoms with E-state index in [2.05, 4.69) is 44.9 Å². The minimum atomic E-state index is -1.22. The molecular weight excluding hydrogens is 793 g/mol. The molecule has 2 spiro atoms. The topological polar surface area (TPSA) is 215 Å². The molecule has 8 rings (SSSR count). The van der Waals surface area contributed by atoms with E-state index in [0.717, 1.165) is 72.2 Å². The Morgan fingerprint density at radius 3 is 1.27 bits per heavy atom. The van der Waals surface area contributed by atoms with Crippen molar-refractivity contribution in [2.75, 3.05) is 39.5 Å². The van der Waals surface area contributed by atoms with Crippen LogP contribution in [0.15, 0.2) is 60.9 Å². The van der Waals surface area contributed by atoms with E-state index in [4.69, 9.17) is 19.4 Å². The number of H-pyrrole nitrogens is 2. The van der Waals surface area contributed by atoms with Gasteiger partial charge in [-0.25, -0.2) is 19.6 Å². The van der Waals surface area contributed by atoms with Crippen molar-refractivity contribution in [3.05, 3.63) is 72.6 Å². The molecule has 4 aliphatic heterocycles. The van der Waals surface area contributed by atoms with E-state index in [1.54, 1.807) is 12.4 Å². The normalized spacial score (nSPS) is 21.7. The van der Waals surface area contributed by atoms with Gasteiger partial charge in [0.15, 0.2) is 0 Å². The highest BCUT2D eigenvalue weighted by Gasteiger charge is 2.51. The van der Waals surface area contributed by atoms with E-state index in [1.165, 1.54) is 0 Å². The number of carbonyl (C=O) groups is 4. The first-order valence-electron chi connectivity index (χ1n) is 21.8. The largest absolute Gasteiger partial charge is 0.465 e. The van der Waals surface area contributed by atoms with Crippen molar-refractivity contribution in [2.45, 2.75) is 90.4 Å². The van der Waals surface area contributed by atoms with Crippen LogP contribution in [0, 0.1) is 22.7 Å². The van der Waals surface area contributed by atoms with Crippen LogP contribution in [0.1, 0.15) is 90.0 Å². The maximum Gasteiger partial charge on any atom is 0.405 e. The monoisotopic (exact) mass is 850 g/mol. The van der Waals surface area contributed by atoms with E-state index >= 15 is 0 Å². The Kier molecular flexibility index (Phi) is 12.2. The molecule has 330 valence electrons. The Balaban J connectivity index is 0.973. The average Bonchev–Trinajstić information content (AvgIpc) is 4.08. The first kappa shape index (κ1) is 42.9. The van der Waals surface area contributed by atoms with Gasteiger partial charge in [0.05, 0.1) is 35.9 Å². The summed E-state index contributed by atoms with van der Waals surface area (Å²) in [5.74, 6) is 0.443. The van der Waals surface area contributed by atoms with Crippen LogP contribution in [0.3, 0.4) is 0 Å². The second-order valence-corrected chi connectivity index (χ2v) is 18.5. The molecule has 0 radical (unpaired) electrons. The molecule has 6 N–H and O–H groups in total. The van der Waals surface area contributed by atoms with Crippen molar-refractivity contribution in [2.24, 2.45) is 22.7 Å². The van der Waals surface area contributed by atoms with Crippen LogP contribution in [-0.2, 0) is 19.1 Å². The highest BCUT2D eigenvalue weighted by molar-refractivity contribution is 5.87. The number of carboxylic acid groups (broad SMARTS) is 2. The predicted molar refractivity (Wildman–Crippen MR) is 230 cm³/mol. The Morgan fingerprint density at radius 1 is 0.613 bits per heavy atom. The summed E-state index contributed by atoms with van der Waals surface area (Å²) in [6.07, 6.45) is 5.92. The number of ether oxygens (including phenoxy) is 2. The van der Waals surface area contributed by atoms with Crippen LogP contribution in [-0.4, -0.2) is 116 Å². The van der Waals surface area contributed by atoms with Crippen molar-refractivity contribution < 1.29 is 38.9 Å². The summed E-state index contributed by atoms with van der Waals surface area (Å²) in [7, 11) is 0. The van der Waals surface area contributed by atoms with Gasteiger partial charge in [0.25, 0.3) is 0 Å². The molecule has 2 aromatic heterocycles. The molecule has 0 saturated carbocycles. The van der Waals surface area contributed by atoms with Gasteiger partial charge in [-0.15, -0.1) is 0 Å². The van der Waals surface area contributed by atoms with Gasteiger partial charge in [0.2, 0.25) is 11.8 Å². The van der Waals surface area contributed by atoms with Crippen LogP contribution in [0.2, 0.25) is 0 Å². The number of nitrogens with zero attached hydrogens (tertiary/aromatic N) is 4. The van der Waals surface area contributed by atoms with Crippen LogP contribution in [0.4, 0.5) is 9.59 Å². The lowest BCUT2D eigenvalue weighted by molar-refractivity contribution is -0.136. The summed E-state index contributed by atoms with van der Waals surface area (Å²) in [6.45, 7) is 11.0. The lowest BCUT2D eigenvalue weighted by Gasteiger charge is -2.34. The molecule has 4 atom stereocenters. The van der Waals surface area contributed by atoms with E-state index in [-0.39, 0.29) is 46.6 Å².